The van der Waals surface area contributed by atoms with Crippen molar-refractivity contribution < 1.29 is 22.8 Å². The van der Waals surface area contributed by atoms with Crippen LogP contribution in [0.25, 0.3) is 11.1 Å². The zero-order valence-corrected chi connectivity index (χ0v) is 15.3. The highest BCUT2D eigenvalue weighted by Crippen LogP contribution is 2.34. The minimum Gasteiger partial charge on any atom is -0.282 e. The van der Waals surface area contributed by atoms with Gasteiger partial charge in [0.25, 0.3) is 0 Å². The summed E-state index contributed by atoms with van der Waals surface area (Å²) in [5.41, 5.74) is -0.118. The van der Waals surface area contributed by atoms with E-state index in [0.29, 0.717) is 22.2 Å². The molecule has 0 heterocycles. The summed E-state index contributed by atoms with van der Waals surface area (Å²) in [7, 11) is 0. The van der Waals surface area contributed by atoms with Gasteiger partial charge < -0.3 is 0 Å². The predicted octanol–water partition coefficient (Wildman–Crippen LogP) is 5.77. The lowest BCUT2D eigenvalue weighted by Crippen LogP contribution is -1.97. The first-order valence-corrected chi connectivity index (χ1v) is 8.87. The number of halogens is 3. The Morgan fingerprint density at radius 3 is 2.23 bits per heavy atom. The molecule has 7 heteroatoms. The molecule has 0 fully saturated rings. The molecule has 0 aliphatic heterocycles. The lowest BCUT2D eigenvalue weighted by atomic mass is 10.0. The molecule has 0 N–H and O–H groups in total. The van der Waals surface area contributed by atoms with Gasteiger partial charge in [-0.05, 0) is 66.4 Å². The van der Waals surface area contributed by atoms with E-state index in [9.17, 15) is 22.8 Å². The Hall–Kier alpha value is -2.25. The maximum Gasteiger partial charge on any atom is 0.219 e. The van der Waals surface area contributed by atoms with Crippen molar-refractivity contribution in [2.24, 2.45) is 0 Å². The molecule has 0 aliphatic carbocycles. The second-order valence-corrected chi connectivity index (χ2v) is 7.27. The number of hydrogen-bond donors (Lipinski definition) is 0. The first kappa shape index (κ1) is 20.1. The minimum absolute atomic E-state index is 0.153. The standard InChI is InChI=1S/C19H13F3O2S2/c1-4-16(23)26-15-8-7-13(17(21)18(15)22)12-6-5-11(9-14(12)20)25-19(24)10(2)3/h4-9H,1-2H2,3H3. The van der Waals surface area contributed by atoms with Crippen LogP contribution in [-0.2, 0) is 9.59 Å². The van der Waals surface area contributed by atoms with Gasteiger partial charge in [0.1, 0.15) is 5.82 Å². The molecule has 2 nitrogen and oxygen atoms in total. The van der Waals surface area contributed by atoms with Gasteiger partial charge >= 0.3 is 0 Å². The summed E-state index contributed by atoms with van der Waals surface area (Å²) in [4.78, 5) is 23.0. The normalized spacial score (nSPS) is 10.5. The van der Waals surface area contributed by atoms with Gasteiger partial charge in [-0.25, -0.2) is 13.2 Å². The van der Waals surface area contributed by atoms with Crippen molar-refractivity contribution in [3.63, 3.8) is 0 Å². The highest BCUT2D eigenvalue weighted by Gasteiger charge is 2.19. The fourth-order valence-corrected chi connectivity index (χ4v) is 3.24. The molecule has 0 saturated carbocycles. The van der Waals surface area contributed by atoms with Crippen LogP contribution in [0.15, 0.2) is 64.9 Å². The fourth-order valence-electron chi connectivity index (χ4n) is 1.94. The van der Waals surface area contributed by atoms with Crippen LogP contribution in [0, 0.1) is 17.5 Å². The summed E-state index contributed by atoms with van der Waals surface area (Å²) in [5.74, 6) is -3.30. The van der Waals surface area contributed by atoms with E-state index >= 15 is 0 Å². The van der Waals surface area contributed by atoms with Gasteiger partial charge in [0.2, 0.25) is 10.2 Å². The molecule has 0 spiro atoms. The summed E-state index contributed by atoms with van der Waals surface area (Å²) in [6.07, 6.45) is 0.984. The lowest BCUT2D eigenvalue weighted by molar-refractivity contribution is -0.108. The first-order chi connectivity index (χ1) is 12.2. The van der Waals surface area contributed by atoms with Crippen LogP contribution in [0.2, 0.25) is 0 Å². The Morgan fingerprint density at radius 2 is 1.65 bits per heavy atom. The monoisotopic (exact) mass is 394 g/mol. The van der Waals surface area contributed by atoms with Gasteiger partial charge in [0.15, 0.2) is 11.6 Å². The topological polar surface area (TPSA) is 34.1 Å². The molecular weight excluding hydrogens is 381 g/mol. The van der Waals surface area contributed by atoms with Gasteiger partial charge in [0.05, 0.1) is 4.90 Å². The Bertz CT molecular complexity index is 923. The Morgan fingerprint density at radius 1 is 1.00 bits per heavy atom. The number of carbonyl (C=O) groups excluding carboxylic acids is 2. The summed E-state index contributed by atoms with van der Waals surface area (Å²) < 4.78 is 42.8. The molecule has 0 radical (unpaired) electrons. The second-order valence-electron chi connectivity index (χ2n) is 5.18. The largest absolute Gasteiger partial charge is 0.282 e. The summed E-state index contributed by atoms with van der Waals surface area (Å²) in [5, 5.41) is -0.853. The van der Waals surface area contributed by atoms with Crippen LogP contribution in [0.4, 0.5) is 13.2 Å². The zero-order chi connectivity index (χ0) is 19.4. The summed E-state index contributed by atoms with van der Waals surface area (Å²) in [6, 6.07) is 6.17. The molecule has 2 rings (SSSR count). The number of rotatable bonds is 5. The molecule has 2 aromatic rings. The molecule has 0 amide bonds. The van der Waals surface area contributed by atoms with E-state index in [1.165, 1.54) is 31.2 Å². The van der Waals surface area contributed by atoms with Crippen molar-refractivity contribution in [3.05, 3.63) is 72.6 Å². The van der Waals surface area contributed by atoms with E-state index in [1.807, 2.05) is 0 Å². The lowest BCUT2D eigenvalue weighted by Gasteiger charge is -2.09. The van der Waals surface area contributed by atoms with Crippen LogP contribution >= 0.6 is 23.5 Å². The SMILES string of the molecule is C=CC(=O)Sc1ccc(-c2ccc(SC(=O)C(=C)C)cc2F)c(F)c1F. The van der Waals surface area contributed by atoms with E-state index in [-0.39, 0.29) is 21.1 Å². The first-order valence-electron chi connectivity index (χ1n) is 7.24. The molecule has 0 atom stereocenters. The van der Waals surface area contributed by atoms with Crippen LogP contribution < -0.4 is 0 Å². The molecule has 2 aromatic carbocycles. The molecule has 134 valence electrons. The van der Waals surface area contributed by atoms with E-state index in [1.54, 1.807) is 0 Å². The third kappa shape index (κ3) is 4.47. The Balaban J connectivity index is 2.38. The zero-order valence-electron chi connectivity index (χ0n) is 13.6. The van der Waals surface area contributed by atoms with Crippen LogP contribution in [0.3, 0.4) is 0 Å². The van der Waals surface area contributed by atoms with Gasteiger partial charge in [0, 0.05) is 16.0 Å². The molecule has 26 heavy (non-hydrogen) atoms. The van der Waals surface area contributed by atoms with Crippen LogP contribution in [-0.4, -0.2) is 10.2 Å². The molecule has 0 saturated heterocycles. The van der Waals surface area contributed by atoms with Gasteiger partial charge in [-0.3, -0.25) is 9.59 Å². The Labute approximate surface area is 157 Å². The highest BCUT2D eigenvalue weighted by molar-refractivity contribution is 8.14. The molecule has 0 aliphatic rings. The highest BCUT2D eigenvalue weighted by atomic mass is 32.2. The smallest absolute Gasteiger partial charge is 0.219 e. The van der Waals surface area contributed by atoms with Gasteiger partial charge in [-0.15, -0.1) is 0 Å². The average molecular weight is 394 g/mol. The molecule has 0 bridgehead atoms. The van der Waals surface area contributed by atoms with Crippen molar-refractivity contribution >= 4 is 33.8 Å². The van der Waals surface area contributed by atoms with Crippen LogP contribution in [0.5, 0.6) is 0 Å². The maximum atomic E-state index is 14.4. The minimum atomic E-state index is -1.26. The number of thioether (sulfide) groups is 2. The predicted molar refractivity (Wildman–Crippen MR) is 98.5 cm³/mol. The fraction of sp³-hybridized carbons (Fsp3) is 0.0526. The number of carbonyl (C=O) groups is 2. The quantitative estimate of drug-likeness (QED) is 0.476. The third-order valence-electron chi connectivity index (χ3n) is 3.21. The molecular formula is C19H13F3O2S2. The average Bonchev–Trinajstić information content (AvgIpc) is 2.59. The summed E-state index contributed by atoms with van der Waals surface area (Å²) in [6.45, 7) is 8.30. The molecule has 0 unspecified atom stereocenters. The van der Waals surface area contributed by atoms with E-state index in [4.69, 9.17) is 0 Å². The van der Waals surface area contributed by atoms with Crippen molar-refractivity contribution in [3.8, 4) is 11.1 Å². The van der Waals surface area contributed by atoms with Crippen molar-refractivity contribution in [2.75, 3.05) is 0 Å². The maximum absolute atomic E-state index is 14.4. The van der Waals surface area contributed by atoms with Crippen LogP contribution in [0.1, 0.15) is 6.92 Å². The van der Waals surface area contributed by atoms with E-state index < -0.39 is 22.6 Å². The number of hydrogen-bond acceptors (Lipinski definition) is 4. The summed E-state index contributed by atoms with van der Waals surface area (Å²) >= 11 is 1.28. The van der Waals surface area contributed by atoms with Gasteiger partial charge in [-0.1, -0.05) is 19.2 Å². The Kier molecular flexibility index (Phi) is 6.50. The number of benzene rings is 2. The van der Waals surface area contributed by atoms with E-state index in [0.717, 1.165) is 23.9 Å². The van der Waals surface area contributed by atoms with Crippen molar-refractivity contribution in [1.82, 2.24) is 0 Å². The van der Waals surface area contributed by atoms with E-state index in [2.05, 4.69) is 13.2 Å². The van der Waals surface area contributed by atoms with Crippen molar-refractivity contribution in [1.29, 1.82) is 0 Å². The van der Waals surface area contributed by atoms with Crippen molar-refractivity contribution in [2.45, 2.75) is 16.7 Å². The van der Waals surface area contributed by atoms with Gasteiger partial charge in [-0.2, -0.15) is 0 Å². The molecule has 0 aromatic heterocycles. The second kappa shape index (κ2) is 8.42. The third-order valence-corrected chi connectivity index (χ3v) is 5.14.